The average molecular weight is 280 g/mol. The number of aromatic nitrogens is 3. The molecule has 0 saturated heterocycles. The van der Waals surface area contributed by atoms with Gasteiger partial charge < -0.3 is 15.0 Å². The molecule has 2 aromatic heterocycles. The quantitative estimate of drug-likeness (QED) is 0.754. The van der Waals surface area contributed by atoms with Crippen LogP contribution in [-0.2, 0) is 13.5 Å². The zero-order valence-corrected chi connectivity index (χ0v) is 11.7. The highest BCUT2D eigenvalue weighted by molar-refractivity contribution is 5.87. The van der Waals surface area contributed by atoms with Gasteiger partial charge in [-0.05, 0) is 17.2 Å². The van der Waals surface area contributed by atoms with Crippen molar-refractivity contribution in [3.8, 4) is 0 Å². The molecule has 0 saturated carbocycles. The van der Waals surface area contributed by atoms with Gasteiger partial charge in [-0.25, -0.2) is 9.97 Å². The topological polar surface area (TPSA) is 63.0 Å². The number of nitrogens with one attached hydrogen (secondary N) is 1. The second-order valence-corrected chi connectivity index (χ2v) is 5.48. The van der Waals surface area contributed by atoms with Crippen LogP contribution in [0.1, 0.15) is 17.2 Å². The van der Waals surface area contributed by atoms with Crippen LogP contribution in [0.15, 0.2) is 42.9 Å². The van der Waals surface area contributed by atoms with Crippen molar-refractivity contribution in [2.45, 2.75) is 18.6 Å². The van der Waals surface area contributed by atoms with E-state index in [0.29, 0.717) is 6.42 Å². The van der Waals surface area contributed by atoms with Crippen LogP contribution >= 0.6 is 0 Å². The third kappa shape index (κ3) is 1.89. The number of rotatable bonds is 2. The lowest BCUT2D eigenvalue weighted by molar-refractivity contribution is 0.165. The number of hydrogen-bond acceptors (Lipinski definition) is 4. The summed E-state index contributed by atoms with van der Waals surface area (Å²) in [6.45, 7) is 0. The van der Waals surface area contributed by atoms with Crippen LogP contribution in [0, 0.1) is 0 Å². The minimum Gasteiger partial charge on any atom is -0.390 e. The normalized spacial score (nSPS) is 20.7. The predicted molar refractivity (Wildman–Crippen MR) is 81.0 cm³/mol. The molecule has 1 aliphatic carbocycles. The number of nitrogens with zero attached hydrogens (tertiary/aromatic N) is 3. The first-order valence-corrected chi connectivity index (χ1v) is 7.02. The van der Waals surface area contributed by atoms with Crippen LogP contribution in [0.4, 0.5) is 5.82 Å². The van der Waals surface area contributed by atoms with Crippen molar-refractivity contribution in [2.75, 3.05) is 5.32 Å². The van der Waals surface area contributed by atoms with Crippen molar-refractivity contribution in [2.24, 2.45) is 7.05 Å². The molecule has 21 heavy (non-hydrogen) atoms. The molecular formula is C16H16N4O. The summed E-state index contributed by atoms with van der Waals surface area (Å²) in [6.07, 6.45) is 3.76. The highest BCUT2D eigenvalue weighted by atomic mass is 16.3. The van der Waals surface area contributed by atoms with Gasteiger partial charge in [-0.2, -0.15) is 0 Å². The van der Waals surface area contributed by atoms with E-state index in [0.717, 1.165) is 22.4 Å². The summed E-state index contributed by atoms with van der Waals surface area (Å²) in [5.41, 5.74) is 3.22. The number of aryl methyl sites for hydroxylation is 1. The number of aliphatic hydroxyl groups is 1. The van der Waals surface area contributed by atoms with Crippen molar-refractivity contribution >= 4 is 16.9 Å². The van der Waals surface area contributed by atoms with Crippen molar-refractivity contribution in [1.29, 1.82) is 0 Å². The molecule has 0 aliphatic heterocycles. The summed E-state index contributed by atoms with van der Waals surface area (Å²) in [6, 6.07) is 10.0. The predicted octanol–water partition coefficient (Wildman–Crippen LogP) is 2.04. The fourth-order valence-corrected chi connectivity index (χ4v) is 3.09. The second-order valence-electron chi connectivity index (χ2n) is 5.48. The third-order valence-electron chi connectivity index (χ3n) is 4.16. The van der Waals surface area contributed by atoms with E-state index < -0.39 is 6.10 Å². The Morgan fingerprint density at radius 3 is 3.00 bits per heavy atom. The molecule has 3 aromatic rings. The largest absolute Gasteiger partial charge is 0.390 e. The first kappa shape index (κ1) is 12.3. The molecule has 2 heterocycles. The zero-order chi connectivity index (χ0) is 14.4. The van der Waals surface area contributed by atoms with Crippen molar-refractivity contribution in [3.63, 3.8) is 0 Å². The summed E-state index contributed by atoms with van der Waals surface area (Å²) in [5.74, 6) is 0.765. The molecule has 5 heteroatoms. The number of benzene rings is 1. The Morgan fingerprint density at radius 1 is 1.24 bits per heavy atom. The van der Waals surface area contributed by atoms with Crippen LogP contribution < -0.4 is 5.32 Å². The lowest BCUT2D eigenvalue weighted by Gasteiger charge is -2.19. The lowest BCUT2D eigenvalue weighted by atomic mass is 10.1. The molecule has 0 spiro atoms. The third-order valence-corrected chi connectivity index (χ3v) is 4.16. The van der Waals surface area contributed by atoms with Crippen molar-refractivity contribution in [1.82, 2.24) is 14.5 Å². The number of fused-ring (bicyclic) bond motifs is 2. The van der Waals surface area contributed by atoms with Crippen LogP contribution in [0.5, 0.6) is 0 Å². The first-order chi connectivity index (χ1) is 10.2. The van der Waals surface area contributed by atoms with E-state index in [9.17, 15) is 5.11 Å². The van der Waals surface area contributed by atoms with Gasteiger partial charge in [0.1, 0.15) is 17.8 Å². The van der Waals surface area contributed by atoms with E-state index in [1.165, 1.54) is 5.56 Å². The minimum atomic E-state index is -0.434. The molecule has 0 bridgehead atoms. The fraction of sp³-hybridized carbons (Fsp3) is 0.250. The van der Waals surface area contributed by atoms with Gasteiger partial charge in [0.2, 0.25) is 0 Å². The molecule has 1 aliphatic rings. The van der Waals surface area contributed by atoms with E-state index >= 15 is 0 Å². The number of aliphatic hydroxyl groups excluding tert-OH is 1. The highest BCUT2D eigenvalue weighted by Gasteiger charge is 2.31. The van der Waals surface area contributed by atoms with Crippen LogP contribution in [0.25, 0.3) is 11.0 Å². The van der Waals surface area contributed by atoms with Gasteiger partial charge in [0.25, 0.3) is 0 Å². The number of hydrogen-bond donors (Lipinski definition) is 2. The molecule has 2 atom stereocenters. The number of anilines is 1. The van der Waals surface area contributed by atoms with E-state index in [1.807, 2.05) is 36.0 Å². The molecule has 0 fully saturated rings. The van der Waals surface area contributed by atoms with Crippen molar-refractivity contribution < 1.29 is 5.11 Å². The maximum Gasteiger partial charge on any atom is 0.145 e. The van der Waals surface area contributed by atoms with Gasteiger partial charge in [-0.1, -0.05) is 24.3 Å². The molecule has 106 valence electrons. The zero-order valence-electron chi connectivity index (χ0n) is 11.7. The molecule has 0 amide bonds. The Bertz CT molecular complexity index is 811. The Morgan fingerprint density at radius 2 is 2.10 bits per heavy atom. The van der Waals surface area contributed by atoms with Gasteiger partial charge in [0, 0.05) is 19.7 Å². The molecule has 2 unspecified atom stereocenters. The average Bonchev–Trinajstić information content (AvgIpc) is 3.02. The van der Waals surface area contributed by atoms with E-state index in [-0.39, 0.29) is 6.04 Å². The molecule has 2 N–H and O–H groups in total. The van der Waals surface area contributed by atoms with Crippen LogP contribution in [-0.4, -0.2) is 25.7 Å². The standard InChI is InChI=1S/C16H16N4O/c1-20-7-6-12-15(17-9-18-16(12)20)19-14-11-5-3-2-4-10(11)8-13(14)21/h2-7,9,13-14,21H,8H2,1H3,(H,17,18,19). The van der Waals surface area contributed by atoms with Crippen LogP contribution in [0.2, 0.25) is 0 Å². The molecule has 4 rings (SSSR count). The SMILES string of the molecule is Cn1ccc2c(NC3c4ccccc4CC3O)ncnc21. The molecule has 1 aromatic carbocycles. The summed E-state index contributed by atoms with van der Waals surface area (Å²) in [7, 11) is 1.96. The Hall–Kier alpha value is -2.40. The summed E-state index contributed by atoms with van der Waals surface area (Å²) in [4.78, 5) is 8.63. The maximum absolute atomic E-state index is 10.3. The van der Waals surface area contributed by atoms with Gasteiger partial charge >= 0.3 is 0 Å². The molecule has 5 nitrogen and oxygen atoms in total. The minimum absolute atomic E-state index is 0.125. The van der Waals surface area contributed by atoms with Gasteiger partial charge in [0.15, 0.2) is 0 Å². The highest BCUT2D eigenvalue weighted by Crippen LogP contribution is 2.34. The van der Waals surface area contributed by atoms with E-state index in [1.54, 1.807) is 6.33 Å². The first-order valence-electron chi connectivity index (χ1n) is 7.02. The lowest BCUT2D eigenvalue weighted by Crippen LogP contribution is -2.21. The molecular weight excluding hydrogens is 264 g/mol. The Balaban J connectivity index is 1.75. The van der Waals surface area contributed by atoms with Gasteiger partial charge in [-0.3, -0.25) is 0 Å². The fourth-order valence-electron chi connectivity index (χ4n) is 3.09. The van der Waals surface area contributed by atoms with E-state index in [2.05, 4.69) is 27.4 Å². The van der Waals surface area contributed by atoms with Crippen molar-refractivity contribution in [3.05, 3.63) is 54.0 Å². The smallest absolute Gasteiger partial charge is 0.145 e. The Labute approximate surface area is 122 Å². The van der Waals surface area contributed by atoms with Gasteiger partial charge in [-0.15, -0.1) is 0 Å². The summed E-state index contributed by atoms with van der Waals surface area (Å²) >= 11 is 0. The second kappa shape index (κ2) is 4.56. The summed E-state index contributed by atoms with van der Waals surface area (Å²) in [5, 5.41) is 14.7. The van der Waals surface area contributed by atoms with Crippen LogP contribution in [0.3, 0.4) is 0 Å². The summed E-state index contributed by atoms with van der Waals surface area (Å²) < 4.78 is 1.96. The Kier molecular flexibility index (Phi) is 2.68. The van der Waals surface area contributed by atoms with Gasteiger partial charge in [0.05, 0.1) is 17.5 Å². The monoisotopic (exact) mass is 280 g/mol. The van der Waals surface area contributed by atoms with E-state index in [4.69, 9.17) is 0 Å². The maximum atomic E-state index is 10.3. The molecule has 0 radical (unpaired) electrons.